The fourth-order valence-corrected chi connectivity index (χ4v) is 2.87. The van der Waals surface area contributed by atoms with Gasteiger partial charge in [-0.15, -0.1) is 0 Å². The van der Waals surface area contributed by atoms with Crippen LogP contribution in [-0.2, 0) is 0 Å². The van der Waals surface area contributed by atoms with Gasteiger partial charge in [-0.1, -0.05) is 41.7 Å². The second-order valence-electron chi connectivity index (χ2n) is 5.52. The monoisotopic (exact) mass is 320 g/mol. The van der Waals surface area contributed by atoms with Crippen molar-refractivity contribution in [2.45, 2.75) is 37.8 Å². The third-order valence-corrected chi connectivity index (χ3v) is 4.13. The first-order valence-electron chi connectivity index (χ1n) is 7.35. The molecule has 0 saturated heterocycles. The number of benzene rings is 1. The van der Waals surface area contributed by atoms with Crippen LogP contribution in [0, 0.1) is 0 Å². The largest absolute Gasteiger partial charge is 0.391 e. The molecule has 2 atom stereocenters. The summed E-state index contributed by atoms with van der Waals surface area (Å²) in [6.07, 6.45) is 3.02. The van der Waals surface area contributed by atoms with E-state index in [4.69, 9.17) is 16.1 Å². The van der Waals surface area contributed by atoms with Gasteiger partial charge in [-0.2, -0.15) is 0 Å². The van der Waals surface area contributed by atoms with Crippen LogP contribution in [0.15, 0.2) is 34.9 Å². The number of carbonyl (C=O) groups excluding carboxylic acids is 1. The first-order chi connectivity index (χ1) is 10.6. The Kier molecular flexibility index (Phi) is 4.45. The van der Waals surface area contributed by atoms with Crippen LogP contribution >= 0.6 is 11.6 Å². The molecule has 1 heterocycles. The number of aliphatic hydroxyl groups excluding tert-OH is 1. The minimum Gasteiger partial charge on any atom is -0.391 e. The molecule has 5 nitrogen and oxygen atoms in total. The average molecular weight is 321 g/mol. The number of nitrogens with zero attached hydrogens (tertiary/aromatic N) is 1. The van der Waals surface area contributed by atoms with Crippen molar-refractivity contribution in [1.82, 2.24) is 10.5 Å². The highest BCUT2D eigenvalue weighted by molar-refractivity contribution is 6.30. The predicted octanol–water partition coefficient (Wildman–Crippen LogP) is 3.03. The highest BCUT2D eigenvalue weighted by Gasteiger charge is 2.26. The van der Waals surface area contributed by atoms with Crippen LogP contribution in [0.5, 0.6) is 0 Å². The molecule has 2 N–H and O–H groups in total. The van der Waals surface area contributed by atoms with Crippen molar-refractivity contribution >= 4 is 17.5 Å². The molecule has 0 spiro atoms. The number of nitrogens with one attached hydrogen (secondary N) is 1. The number of halogens is 1. The minimum absolute atomic E-state index is 0.202. The maximum absolute atomic E-state index is 12.2. The summed E-state index contributed by atoms with van der Waals surface area (Å²) < 4.78 is 5.21. The molecule has 1 amide bonds. The molecule has 1 fully saturated rings. The quantitative estimate of drug-likeness (QED) is 0.911. The number of hydrogen-bond acceptors (Lipinski definition) is 4. The molecule has 22 heavy (non-hydrogen) atoms. The predicted molar refractivity (Wildman–Crippen MR) is 82.7 cm³/mol. The second kappa shape index (κ2) is 6.50. The molecule has 1 saturated carbocycles. The lowest BCUT2D eigenvalue weighted by atomic mass is 9.92. The van der Waals surface area contributed by atoms with E-state index in [0.29, 0.717) is 10.8 Å². The Labute approximate surface area is 133 Å². The van der Waals surface area contributed by atoms with E-state index in [1.165, 1.54) is 0 Å². The van der Waals surface area contributed by atoms with E-state index >= 15 is 0 Å². The average Bonchev–Trinajstić information content (AvgIpc) is 2.99. The van der Waals surface area contributed by atoms with E-state index in [9.17, 15) is 9.90 Å². The van der Waals surface area contributed by atoms with Crippen molar-refractivity contribution in [3.8, 4) is 11.3 Å². The zero-order chi connectivity index (χ0) is 15.5. The normalized spacial score (nSPS) is 21.5. The fraction of sp³-hybridized carbons (Fsp3) is 0.375. The Morgan fingerprint density at radius 1 is 1.32 bits per heavy atom. The van der Waals surface area contributed by atoms with Gasteiger partial charge in [0.25, 0.3) is 5.91 Å². The van der Waals surface area contributed by atoms with E-state index in [2.05, 4.69) is 10.5 Å². The Balaban J connectivity index is 1.71. The van der Waals surface area contributed by atoms with Gasteiger partial charge in [0.2, 0.25) is 0 Å². The van der Waals surface area contributed by atoms with Crippen LogP contribution in [0.3, 0.4) is 0 Å². The zero-order valence-corrected chi connectivity index (χ0v) is 12.7. The van der Waals surface area contributed by atoms with Crippen LogP contribution in [0.2, 0.25) is 5.02 Å². The van der Waals surface area contributed by atoms with Gasteiger partial charge in [-0.3, -0.25) is 4.79 Å². The van der Waals surface area contributed by atoms with Gasteiger partial charge in [0, 0.05) is 16.7 Å². The van der Waals surface area contributed by atoms with E-state index in [0.717, 1.165) is 31.2 Å². The number of amides is 1. The molecular weight excluding hydrogens is 304 g/mol. The Morgan fingerprint density at radius 3 is 2.91 bits per heavy atom. The summed E-state index contributed by atoms with van der Waals surface area (Å²) in [6.45, 7) is 0. The van der Waals surface area contributed by atoms with E-state index in [1.54, 1.807) is 24.3 Å². The summed E-state index contributed by atoms with van der Waals surface area (Å²) in [5.74, 6) is 0.153. The van der Waals surface area contributed by atoms with Crippen LogP contribution in [0.4, 0.5) is 0 Å². The second-order valence-corrected chi connectivity index (χ2v) is 5.95. The molecule has 1 aromatic heterocycles. The van der Waals surface area contributed by atoms with Gasteiger partial charge in [0.05, 0.1) is 12.1 Å². The van der Waals surface area contributed by atoms with Gasteiger partial charge in [0.15, 0.2) is 11.5 Å². The number of aromatic nitrogens is 1. The molecular formula is C16H17ClN2O3. The van der Waals surface area contributed by atoms with Crippen molar-refractivity contribution in [1.29, 1.82) is 0 Å². The maximum atomic E-state index is 12.2. The first-order valence-corrected chi connectivity index (χ1v) is 7.73. The Hall–Kier alpha value is -1.85. The van der Waals surface area contributed by atoms with Crippen LogP contribution in [-0.4, -0.2) is 28.3 Å². The van der Waals surface area contributed by atoms with Gasteiger partial charge >= 0.3 is 0 Å². The molecule has 1 aliphatic rings. The summed E-state index contributed by atoms with van der Waals surface area (Å²) in [5.41, 5.74) is 0.963. The van der Waals surface area contributed by atoms with Gasteiger partial charge in [-0.05, 0) is 25.0 Å². The van der Waals surface area contributed by atoms with E-state index < -0.39 is 6.10 Å². The van der Waals surface area contributed by atoms with E-state index in [1.807, 2.05) is 6.07 Å². The van der Waals surface area contributed by atoms with Crippen LogP contribution in [0.25, 0.3) is 11.3 Å². The zero-order valence-electron chi connectivity index (χ0n) is 12.0. The maximum Gasteiger partial charge on any atom is 0.273 e. The van der Waals surface area contributed by atoms with Crippen molar-refractivity contribution in [2.75, 3.05) is 0 Å². The molecule has 0 bridgehead atoms. The minimum atomic E-state index is -0.489. The first kappa shape index (κ1) is 15.1. The molecule has 1 aliphatic carbocycles. The number of rotatable bonds is 3. The molecule has 0 radical (unpaired) electrons. The highest BCUT2D eigenvalue weighted by Crippen LogP contribution is 2.24. The summed E-state index contributed by atoms with van der Waals surface area (Å²) in [6, 6.07) is 8.51. The Bertz CT molecular complexity index is 671. The summed E-state index contributed by atoms with van der Waals surface area (Å²) >= 11 is 5.94. The van der Waals surface area contributed by atoms with Gasteiger partial charge < -0.3 is 14.9 Å². The highest BCUT2D eigenvalue weighted by atomic mass is 35.5. The van der Waals surface area contributed by atoms with Gasteiger partial charge in [0.1, 0.15) is 0 Å². The lowest BCUT2D eigenvalue weighted by molar-refractivity contribution is 0.0711. The molecule has 0 aliphatic heterocycles. The van der Waals surface area contributed by atoms with Crippen molar-refractivity contribution in [3.63, 3.8) is 0 Å². The van der Waals surface area contributed by atoms with Crippen molar-refractivity contribution in [2.24, 2.45) is 0 Å². The van der Waals surface area contributed by atoms with E-state index in [-0.39, 0.29) is 17.6 Å². The van der Waals surface area contributed by atoms with Crippen molar-refractivity contribution < 1.29 is 14.4 Å². The molecule has 2 unspecified atom stereocenters. The summed E-state index contributed by atoms with van der Waals surface area (Å²) in [5, 5.41) is 17.1. The number of carbonyl (C=O) groups is 1. The van der Waals surface area contributed by atoms with Gasteiger partial charge in [-0.25, -0.2) is 0 Å². The van der Waals surface area contributed by atoms with Crippen LogP contribution < -0.4 is 5.32 Å². The lowest BCUT2D eigenvalue weighted by Gasteiger charge is -2.27. The Morgan fingerprint density at radius 2 is 2.14 bits per heavy atom. The number of aliphatic hydroxyl groups is 1. The molecule has 6 heteroatoms. The van der Waals surface area contributed by atoms with Crippen molar-refractivity contribution in [3.05, 3.63) is 41.0 Å². The van der Waals surface area contributed by atoms with Crippen LogP contribution in [0.1, 0.15) is 36.2 Å². The smallest absolute Gasteiger partial charge is 0.273 e. The fourth-order valence-electron chi connectivity index (χ4n) is 2.68. The lowest BCUT2D eigenvalue weighted by Crippen LogP contribution is -2.45. The summed E-state index contributed by atoms with van der Waals surface area (Å²) in [4.78, 5) is 12.2. The molecule has 3 rings (SSSR count). The third-order valence-electron chi connectivity index (χ3n) is 3.90. The topological polar surface area (TPSA) is 75.4 Å². The molecule has 2 aromatic rings. The number of hydrogen-bond donors (Lipinski definition) is 2. The molecule has 116 valence electrons. The SMILES string of the molecule is O=C(NC1CCCCC1O)c1cc(-c2cccc(Cl)c2)on1. The third kappa shape index (κ3) is 3.31. The summed E-state index contributed by atoms with van der Waals surface area (Å²) in [7, 11) is 0. The standard InChI is InChI=1S/C16H17ClN2O3/c17-11-5-3-4-10(8-11)15-9-13(19-22-15)16(21)18-12-6-1-2-7-14(12)20/h3-5,8-9,12,14,20H,1-2,6-7H2,(H,18,21). The molecule has 1 aromatic carbocycles.